The van der Waals surface area contributed by atoms with Gasteiger partial charge >= 0.3 is 0 Å². The van der Waals surface area contributed by atoms with Gasteiger partial charge in [0.05, 0.1) is 12.0 Å². The highest BCUT2D eigenvalue weighted by atomic mass is 15.1. The fraction of sp³-hybridized carbons (Fsp3) is 0.267. The number of nitrogen functional groups attached to an aromatic ring is 1. The number of benzene rings is 1. The number of aromatic nitrogens is 2. The zero-order chi connectivity index (χ0) is 13.0. The van der Waals surface area contributed by atoms with E-state index in [4.69, 9.17) is 5.73 Å². The number of anilines is 1. The van der Waals surface area contributed by atoms with E-state index < -0.39 is 0 Å². The third kappa shape index (κ3) is 2.62. The molecule has 0 saturated heterocycles. The van der Waals surface area contributed by atoms with Gasteiger partial charge in [-0.15, -0.1) is 6.58 Å². The van der Waals surface area contributed by atoms with Crippen molar-refractivity contribution in [2.24, 2.45) is 0 Å². The Kier molecular flexibility index (Phi) is 3.82. The molecule has 2 rings (SSSR count). The summed E-state index contributed by atoms with van der Waals surface area (Å²) in [7, 11) is 0. The van der Waals surface area contributed by atoms with Crippen molar-refractivity contribution in [1.82, 2.24) is 9.55 Å². The molecule has 0 aliphatic heterocycles. The van der Waals surface area contributed by atoms with Gasteiger partial charge in [-0.3, -0.25) is 0 Å². The Labute approximate surface area is 108 Å². The SMILES string of the molecule is C=CCn1cnc(CC(C)c2ccccc2)c1N. The van der Waals surface area contributed by atoms with Crippen molar-refractivity contribution in [2.75, 3.05) is 5.73 Å². The van der Waals surface area contributed by atoms with Gasteiger partial charge in [-0.05, 0) is 17.9 Å². The summed E-state index contributed by atoms with van der Waals surface area (Å²) in [6, 6.07) is 10.4. The van der Waals surface area contributed by atoms with Crippen LogP contribution in [-0.2, 0) is 13.0 Å². The van der Waals surface area contributed by atoms with Gasteiger partial charge in [0.1, 0.15) is 5.82 Å². The van der Waals surface area contributed by atoms with E-state index in [1.54, 1.807) is 6.33 Å². The lowest BCUT2D eigenvalue weighted by Crippen LogP contribution is -2.04. The molecule has 2 N–H and O–H groups in total. The average Bonchev–Trinajstić information content (AvgIpc) is 2.73. The van der Waals surface area contributed by atoms with E-state index in [-0.39, 0.29) is 0 Å². The molecule has 1 aromatic heterocycles. The molecule has 0 amide bonds. The van der Waals surface area contributed by atoms with Crippen LogP contribution < -0.4 is 5.73 Å². The first kappa shape index (κ1) is 12.4. The molecule has 0 spiro atoms. The molecule has 0 bridgehead atoms. The van der Waals surface area contributed by atoms with Gasteiger partial charge in [0.15, 0.2) is 0 Å². The molecule has 0 radical (unpaired) electrons. The summed E-state index contributed by atoms with van der Waals surface area (Å²) in [6.45, 7) is 6.61. The molecule has 1 heterocycles. The van der Waals surface area contributed by atoms with E-state index in [0.29, 0.717) is 12.5 Å². The van der Waals surface area contributed by atoms with Crippen molar-refractivity contribution in [1.29, 1.82) is 0 Å². The van der Waals surface area contributed by atoms with Gasteiger partial charge in [-0.1, -0.05) is 43.3 Å². The maximum Gasteiger partial charge on any atom is 0.126 e. The Morgan fingerprint density at radius 2 is 2.11 bits per heavy atom. The molecule has 18 heavy (non-hydrogen) atoms. The van der Waals surface area contributed by atoms with Gasteiger partial charge < -0.3 is 10.3 Å². The summed E-state index contributed by atoms with van der Waals surface area (Å²) >= 11 is 0. The fourth-order valence-electron chi connectivity index (χ4n) is 2.06. The van der Waals surface area contributed by atoms with Crippen LogP contribution in [0.5, 0.6) is 0 Å². The van der Waals surface area contributed by atoms with Gasteiger partial charge in [-0.2, -0.15) is 0 Å². The molecule has 0 saturated carbocycles. The van der Waals surface area contributed by atoms with Crippen molar-refractivity contribution in [3.63, 3.8) is 0 Å². The van der Waals surface area contributed by atoms with Crippen molar-refractivity contribution in [3.8, 4) is 0 Å². The predicted molar refractivity (Wildman–Crippen MR) is 75.4 cm³/mol. The quantitative estimate of drug-likeness (QED) is 0.818. The van der Waals surface area contributed by atoms with E-state index in [9.17, 15) is 0 Å². The topological polar surface area (TPSA) is 43.8 Å². The second kappa shape index (κ2) is 5.54. The molecule has 1 unspecified atom stereocenters. The van der Waals surface area contributed by atoms with Gasteiger partial charge in [0, 0.05) is 6.54 Å². The van der Waals surface area contributed by atoms with E-state index in [1.165, 1.54) is 5.56 Å². The van der Waals surface area contributed by atoms with Crippen LogP contribution in [0.15, 0.2) is 49.3 Å². The summed E-state index contributed by atoms with van der Waals surface area (Å²) in [5, 5.41) is 0. The smallest absolute Gasteiger partial charge is 0.126 e. The number of imidazole rings is 1. The van der Waals surface area contributed by atoms with Gasteiger partial charge in [0.25, 0.3) is 0 Å². The van der Waals surface area contributed by atoms with E-state index in [1.807, 2.05) is 16.7 Å². The summed E-state index contributed by atoms with van der Waals surface area (Å²) in [4.78, 5) is 4.39. The molecule has 1 aromatic carbocycles. The van der Waals surface area contributed by atoms with Gasteiger partial charge in [-0.25, -0.2) is 4.98 Å². The fourth-order valence-corrected chi connectivity index (χ4v) is 2.06. The molecule has 0 aliphatic rings. The first-order chi connectivity index (χ1) is 8.72. The number of rotatable bonds is 5. The first-order valence-electron chi connectivity index (χ1n) is 6.17. The van der Waals surface area contributed by atoms with Crippen LogP contribution in [0.2, 0.25) is 0 Å². The zero-order valence-corrected chi connectivity index (χ0v) is 10.7. The average molecular weight is 241 g/mol. The third-order valence-electron chi connectivity index (χ3n) is 3.15. The largest absolute Gasteiger partial charge is 0.384 e. The number of hydrogen-bond donors (Lipinski definition) is 1. The molecular weight excluding hydrogens is 222 g/mol. The summed E-state index contributed by atoms with van der Waals surface area (Å²) in [6.07, 6.45) is 4.46. The monoisotopic (exact) mass is 241 g/mol. The highest BCUT2D eigenvalue weighted by Crippen LogP contribution is 2.22. The van der Waals surface area contributed by atoms with Crippen molar-refractivity contribution >= 4 is 5.82 Å². The maximum absolute atomic E-state index is 6.07. The van der Waals surface area contributed by atoms with Gasteiger partial charge in [0.2, 0.25) is 0 Å². The zero-order valence-electron chi connectivity index (χ0n) is 10.7. The molecule has 3 heteroatoms. The van der Waals surface area contributed by atoms with Crippen molar-refractivity contribution < 1.29 is 0 Å². The normalized spacial score (nSPS) is 12.3. The van der Waals surface area contributed by atoms with Crippen LogP contribution >= 0.6 is 0 Å². The summed E-state index contributed by atoms with van der Waals surface area (Å²) < 4.78 is 1.92. The Morgan fingerprint density at radius 1 is 1.39 bits per heavy atom. The number of allylic oxidation sites excluding steroid dienone is 1. The lowest BCUT2D eigenvalue weighted by molar-refractivity contribution is 0.745. The molecule has 94 valence electrons. The lowest BCUT2D eigenvalue weighted by Gasteiger charge is -2.11. The highest BCUT2D eigenvalue weighted by Gasteiger charge is 2.12. The molecule has 3 nitrogen and oxygen atoms in total. The summed E-state index contributed by atoms with van der Waals surface area (Å²) in [5.74, 6) is 1.17. The second-order valence-corrected chi connectivity index (χ2v) is 4.53. The van der Waals surface area contributed by atoms with Crippen molar-refractivity contribution in [2.45, 2.75) is 25.8 Å². The van der Waals surface area contributed by atoms with Crippen LogP contribution in [0.25, 0.3) is 0 Å². The molecule has 0 fully saturated rings. The first-order valence-corrected chi connectivity index (χ1v) is 6.17. The molecule has 2 aromatic rings. The van der Waals surface area contributed by atoms with Crippen molar-refractivity contribution in [3.05, 3.63) is 60.6 Å². The standard InChI is InChI=1S/C15H19N3/c1-3-9-18-11-17-14(15(18)16)10-12(2)13-7-5-4-6-8-13/h3-8,11-12H,1,9-10,16H2,2H3. The minimum atomic E-state index is 0.417. The Balaban J connectivity index is 2.12. The van der Waals surface area contributed by atoms with Crippen LogP contribution in [0.3, 0.4) is 0 Å². The number of nitrogens with two attached hydrogens (primary N) is 1. The lowest BCUT2D eigenvalue weighted by atomic mass is 9.96. The van der Waals surface area contributed by atoms with Crippen LogP contribution in [-0.4, -0.2) is 9.55 Å². The summed E-state index contributed by atoms with van der Waals surface area (Å²) in [5.41, 5.74) is 8.35. The highest BCUT2D eigenvalue weighted by molar-refractivity contribution is 5.37. The van der Waals surface area contributed by atoms with E-state index in [0.717, 1.165) is 17.9 Å². The Hall–Kier alpha value is -2.03. The van der Waals surface area contributed by atoms with Crippen LogP contribution in [0.4, 0.5) is 5.82 Å². The molecular formula is C15H19N3. The Bertz CT molecular complexity index is 514. The number of nitrogens with zero attached hydrogens (tertiary/aromatic N) is 2. The maximum atomic E-state index is 6.07. The van der Waals surface area contributed by atoms with Crippen LogP contribution in [0, 0.1) is 0 Å². The molecule has 0 aliphatic carbocycles. The van der Waals surface area contributed by atoms with E-state index >= 15 is 0 Å². The Morgan fingerprint density at radius 3 is 2.78 bits per heavy atom. The minimum absolute atomic E-state index is 0.417. The molecule has 1 atom stereocenters. The predicted octanol–water partition coefficient (Wildman–Crippen LogP) is 3.00. The van der Waals surface area contributed by atoms with Crippen LogP contribution in [0.1, 0.15) is 24.1 Å². The minimum Gasteiger partial charge on any atom is -0.384 e. The third-order valence-corrected chi connectivity index (χ3v) is 3.15. The van der Waals surface area contributed by atoms with E-state index in [2.05, 4.69) is 42.8 Å². The number of hydrogen-bond acceptors (Lipinski definition) is 2. The second-order valence-electron chi connectivity index (χ2n) is 4.53.